The molecule has 0 saturated carbocycles. The highest BCUT2D eigenvalue weighted by atomic mass is 16.5. The molecule has 0 saturated heterocycles. The van der Waals surface area contributed by atoms with Crippen LogP contribution < -0.4 is 19.7 Å². The number of nitrogens with zero attached hydrogens (tertiary/aromatic N) is 1. The minimum Gasteiger partial charge on any atom is -0.496 e. The lowest BCUT2D eigenvalue weighted by Gasteiger charge is -2.16. The maximum absolute atomic E-state index is 13.6. The number of hydrogen-bond acceptors (Lipinski definition) is 5. The highest BCUT2D eigenvalue weighted by Gasteiger charge is 2.41. The van der Waals surface area contributed by atoms with E-state index in [9.17, 15) is 9.59 Å². The molecule has 0 aliphatic carbocycles. The number of anilines is 2. The molecule has 6 nitrogen and oxygen atoms in total. The molecule has 3 aromatic carbocycles. The first-order valence-corrected chi connectivity index (χ1v) is 9.95. The Morgan fingerprint density at radius 2 is 1.61 bits per heavy atom. The minimum atomic E-state index is -0.441. The van der Waals surface area contributed by atoms with Gasteiger partial charge in [-0.05, 0) is 37.3 Å². The van der Waals surface area contributed by atoms with Crippen LogP contribution in [-0.4, -0.2) is 25.5 Å². The van der Waals surface area contributed by atoms with E-state index in [0.717, 1.165) is 4.90 Å². The van der Waals surface area contributed by atoms with Gasteiger partial charge in [0.25, 0.3) is 11.8 Å². The summed E-state index contributed by atoms with van der Waals surface area (Å²) in [5.41, 5.74) is 2.15. The van der Waals surface area contributed by atoms with Crippen LogP contribution in [0.4, 0.5) is 11.4 Å². The van der Waals surface area contributed by atoms with Crippen LogP contribution in [0.5, 0.6) is 11.5 Å². The van der Waals surface area contributed by atoms with Gasteiger partial charge in [0.05, 0.1) is 25.0 Å². The summed E-state index contributed by atoms with van der Waals surface area (Å²) in [6.07, 6.45) is 0. The molecule has 0 radical (unpaired) electrons. The summed E-state index contributed by atoms with van der Waals surface area (Å²) in [6.45, 7) is 2.36. The van der Waals surface area contributed by atoms with Crippen molar-refractivity contribution in [2.24, 2.45) is 0 Å². The highest BCUT2D eigenvalue weighted by molar-refractivity contribution is 6.46. The Morgan fingerprint density at radius 3 is 2.35 bits per heavy atom. The quantitative estimate of drug-likeness (QED) is 0.577. The van der Waals surface area contributed by atoms with E-state index in [1.165, 1.54) is 7.11 Å². The molecule has 0 atom stereocenters. The van der Waals surface area contributed by atoms with Crippen LogP contribution in [0.1, 0.15) is 12.5 Å². The van der Waals surface area contributed by atoms with Crippen LogP contribution >= 0.6 is 0 Å². The predicted molar refractivity (Wildman–Crippen MR) is 120 cm³/mol. The summed E-state index contributed by atoms with van der Waals surface area (Å²) >= 11 is 0. The Hall–Kier alpha value is -4.06. The number of carbonyl (C=O) groups excluding carboxylic acids is 2. The molecule has 1 aliphatic heterocycles. The summed E-state index contributed by atoms with van der Waals surface area (Å²) < 4.78 is 11.0. The van der Waals surface area contributed by atoms with Crippen molar-refractivity contribution in [3.63, 3.8) is 0 Å². The lowest BCUT2D eigenvalue weighted by atomic mass is 10.0. The third kappa shape index (κ3) is 3.88. The molecule has 3 aromatic rings. The van der Waals surface area contributed by atoms with Crippen molar-refractivity contribution in [1.29, 1.82) is 0 Å². The van der Waals surface area contributed by atoms with Gasteiger partial charge < -0.3 is 14.8 Å². The Morgan fingerprint density at radius 1 is 0.871 bits per heavy atom. The van der Waals surface area contributed by atoms with E-state index in [1.54, 1.807) is 42.5 Å². The molecule has 1 heterocycles. The van der Waals surface area contributed by atoms with Gasteiger partial charge in [-0.15, -0.1) is 0 Å². The zero-order valence-corrected chi connectivity index (χ0v) is 17.3. The van der Waals surface area contributed by atoms with Gasteiger partial charge in [-0.2, -0.15) is 0 Å². The molecule has 156 valence electrons. The molecule has 1 aliphatic rings. The van der Waals surface area contributed by atoms with E-state index >= 15 is 0 Å². The van der Waals surface area contributed by atoms with Crippen molar-refractivity contribution in [2.45, 2.75) is 6.92 Å². The normalized spacial score (nSPS) is 13.5. The number of benzene rings is 3. The number of rotatable bonds is 7. The molecule has 0 unspecified atom stereocenters. The number of ether oxygens (including phenoxy) is 2. The lowest BCUT2D eigenvalue weighted by molar-refractivity contribution is -0.120. The standard InChI is InChI=1S/C25H22N2O4/c1-3-31-19-13-9-12-18(16-19)27-24(28)22(20-14-7-8-15-21(20)30-2)23(25(27)29)26-17-10-5-4-6-11-17/h4-16,26H,3H2,1-2H3. The van der Waals surface area contributed by atoms with Gasteiger partial charge in [-0.25, -0.2) is 4.90 Å². The summed E-state index contributed by atoms with van der Waals surface area (Å²) in [7, 11) is 1.54. The zero-order chi connectivity index (χ0) is 21.8. The third-order valence-corrected chi connectivity index (χ3v) is 4.89. The average Bonchev–Trinajstić information content (AvgIpc) is 3.04. The van der Waals surface area contributed by atoms with Crippen LogP contribution in [0.15, 0.2) is 84.6 Å². The van der Waals surface area contributed by atoms with Crippen molar-refractivity contribution >= 4 is 28.8 Å². The van der Waals surface area contributed by atoms with Gasteiger partial charge in [0, 0.05) is 17.3 Å². The molecule has 2 amide bonds. The van der Waals surface area contributed by atoms with Crippen LogP contribution in [0.3, 0.4) is 0 Å². The third-order valence-electron chi connectivity index (χ3n) is 4.89. The smallest absolute Gasteiger partial charge is 0.282 e. The molecule has 0 aromatic heterocycles. The van der Waals surface area contributed by atoms with Crippen molar-refractivity contribution < 1.29 is 19.1 Å². The topological polar surface area (TPSA) is 67.9 Å². The fourth-order valence-corrected chi connectivity index (χ4v) is 3.53. The Kier molecular flexibility index (Phi) is 5.71. The van der Waals surface area contributed by atoms with Gasteiger partial charge >= 0.3 is 0 Å². The van der Waals surface area contributed by atoms with Gasteiger partial charge in [0.1, 0.15) is 17.2 Å². The number of imide groups is 1. The summed E-state index contributed by atoms with van der Waals surface area (Å²) in [4.78, 5) is 28.2. The lowest BCUT2D eigenvalue weighted by Crippen LogP contribution is -2.32. The first-order valence-electron chi connectivity index (χ1n) is 9.95. The van der Waals surface area contributed by atoms with E-state index in [2.05, 4.69) is 5.32 Å². The number of methoxy groups -OCH3 is 1. The van der Waals surface area contributed by atoms with E-state index in [4.69, 9.17) is 9.47 Å². The van der Waals surface area contributed by atoms with Gasteiger partial charge in [-0.1, -0.05) is 42.5 Å². The van der Waals surface area contributed by atoms with E-state index in [1.807, 2.05) is 43.3 Å². The molecular formula is C25H22N2O4. The number of hydrogen-bond donors (Lipinski definition) is 1. The average molecular weight is 414 g/mol. The van der Waals surface area contributed by atoms with Crippen molar-refractivity contribution in [3.05, 3.63) is 90.1 Å². The van der Waals surface area contributed by atoms with Gasteiger partial charge in [-0.3, -0.25) is 9.59 Å². The predicted octanol–water partition coefficient (Wildman–Crippen LogP) is 4.49. The molecule has 4 rings (SSSR count). The maximum Gasteiger partial charge on any atom is 0.282 e. The number of carbonyl (C=O) groups is 2. The second-order valence-electron chi connectivity index (χ2n) is 6.82. The molecule has 0 fully saturated rings. The second kappa shape index (κ2) is 8.75. The summed E-state index contributed by atoms with van der Waals surface area (Å²) in [5, 5.41) is 3.14. The Bertz CT molecular complexity index is 1150. The SMILES string of the molecule is CCOc1cccc(N2C(=O)C(Nc3ccccc3)=C(c3ccccc3OC)C2=O)c1. The largest absolute Gasteiger partial charge is 0.496 e. The number of nitrogens with one attached hydrogen (secondary N) is 1. The Labute approximate surface area is 180 Å². The Balaban J connectivity index is 1.83. The van der Waals surface area contributed by atoms with Crippen LogP contribution in [-0.2, 0) is 9.59 Å². The fourth-order valence-electron chi connectivity index (χ4n) is 3.53. The van der Waals surface area contributed by atoms with Crippen molar-refractivity contribution in [3.8, 4) is 11.5 Å². The number of amides is 2. The summed E-state index contributed by atoms with van der Waals surface area (Å²) in [5.74, 6) is 0.227. The second-order valence-corrected chi connectivity index (χ2v) is 6.82. The first kappa shape index (κ1) is 20.2. The van der Waals surface area contributed by atoms with Crippen LogP contribution in [0.25, 0.3) is 5.57 Å². The van der Waals surface area contributed by atoms with Crippen LogP contribution in [0.2, 0.25) is 0 Å². The maximum atomic E-state index is 13.6. The van der Waals surface area contributed by atoms with Crippen molar-refractivity contribution in [2.75, 3.05) is 23.9 Å². The molecule has 31 heavy (non-hydrogen) atoms. The van der Waals surface area contributed by atoms with Gasteiger partial charge in [0.2, 0.25) is 0 Å². The van der Waals surface area contributed by atoms with Crippen molar-refractivity contribution in [1.82, 2.24) is 0 Å². The fraction of sp³-hybridized carbons (Fsp3) is 0.120. The monoisotopic (exact) mass is 414 g/mol. The zero-order valence-electron chi connectivity index (χ0n) is 17.3. The first-order chi connectivity index (χ1) is 15.1. The minimum absolute atomic E-state index is 0.197. The highest BCUT2D eigenvalue weighted by Crippen LogP contribution is 2.38. The molecule has 6 heteroatoms. The molecular weight excluding hydrogens is 392 g/mol. The molecule has 0 spiro atoms. The van der Waals surface area contributed by atoms with Crippen LogP contribution in [0, 0.1) is 0 Å². The van der Waals surface area contributed by atoms with E-state index < -0.39 is 11.8 Å². The number of para-hydroxylation sites is 2. The molecule has 1 N–H and O–H groups in total. The van der Waals surface area contributed by atoms with E-state index in [-0.39, 0.29) is 11.3 Å². The van der Waals surface area contributed by atoms with E-state index in [0.29, 0.717) is 35.0 Å². The summed E-state index contributed by atoms with van der Waals surface area (Å²) in [6, 6.07) is 23.4. The van der Waals surface area contributed by atoms with Gasteiger partial charge in [0.15, 0.2) is 0 Å². The molecule has 0 bridgehead atoms.